The van der Waals surface area contributed by atoms with Crippen molar-refractivity contribution in [3.8, 4) is 0 Å². The number of nitrogens with zero attached hydrogens (tertiary/aromatic N) is 1. The summed E-state index contributed by atoms with van der Waals surface area (Å²) in [4.78, 5) is 14.3. The summed E-state index contributed by atoms with van der Waals surface area (Å²) in [5.74, 6) is 0.303. The van der Waals surface area contributed by atoms with E-state index in [1.807, 2.05) is 4.90 Å². The van der Waals surface area contributed by atoms with E-state index < -0.39 is 0 Å². The van der Waals surface area contributed by atoms with Gasteiger partial charge in [-0.1, -0.05) is 59.3 Å². The second kappa shape index (κ2) is 13.4. The number of carbonyl (C=O) groups excluding carboxylic acids is 1. The molecule has 20 heavy (non-hydrogen) atoms. The number of carbonyl (C=O) groups is 1. The van der Waals surface area contributed by atoms with Crippen molar-refractivity contribution in [2.75, 3.05) is 13.1 Å². The molecule has 0 unspecified atom stereocenters. The van der Waals surface area contributed by atoms with E-state index in [1.165, 1.54) is 38.5 Å². The first-order valence-electron chi connectivity index (χ1n) is 8.70. The Morgan fingerprint density at radius 1 is 0.950 bits per heavy atom. The Labute approximate surface area is 126 Å². The molecule has 0 radical (unpaired) electrons. The lowest BCUT2D eigenvalue weighted by molar-refractivity contribution is -0.133. The van der Waals surface area contributed by atoms with E-state index >= 15 is 0 Å². The summed E-state index contributed by atoms with van der Waals surface area (Å²) in [6, 6.07) is 0.371. The summed E-state index contributed by atoms with van der Waals surface area (Å²) in [5.41, 5.74) is 5.64. The lowest BCUT2D eigenvalue weighted by Crippen LogP contribution is -2.42. The molecule has 0 fully saturated rings. The zero-order valence-corrected chi connectivity index (χ0v) is 14.0. The molecule has 2 N–H and O–H groups in total. The molecule has 0 atom stereocenters. The Morgan fingerprint density at radius 3 is 2.00 bits per heavy atom. The average Bonchev–Trinajstić information content (AvgIpc) is 2.46. The third-order valence-electron chi connectivity index (χ3n) is 4.07. The molecular weight excluding hydrogens is 248 g/mol. The quantitative estimate of drug-likeness (QED) is 0.517. The summed E-state index contributed by atoms with van der Waals surface area (Å²) in [6.45, 7) is 7.82. The number of amides is 1. The van der Waals surface area contributed by atoms with Gasteiger partial charge in [-0.3, -0.25) is 4.79 Å². The van der Waals surface area contributed by atoms with Crippen LogP contribution in [0.25, 0.3) is 0 Å². The minimum atomic E-state index is 0.303. The first-order valence-corrected chi connectivity index (χ1v) is 8.70. The van der Waals surface area contributed by atoms with Crippen LogP contribution in [0.1, 0.15) is 85.0 Å². The third kappa shape index (κ3) is 8.57. The van der Waals surface area contributed by atoms with Crippen molar-refractivity contribution in [2.24, 2.45) is 5.73 Å². The van der Waals surface area contributed by atoms with Gasteiger partial charge in [0.05, 0.1) is 0 Å². The van der Waals surface area contributed by atoms with Gasteiger partial charge in [0.15, 0.2) is 0 Å². The van der Waals surface area contributed by atoms with Crippen LogP contribution >= 0.6 is 0 Å². The van der Waals surface area contributed by atoms with E-state index in [0.29, 0.717) is 31.5 Å². The fourth-order valence-electron chi connectivity index (χ4n) is 2.76. The molecule has 3 heteroatoms. The zero-order valence-electron chi connectivity index (χ0n) is 14.0. The van der Waals surface area contributed by atoms with Crippen LogP contribution in [0.5, 0.6) is 0 Å². The number of unbranched alkanes of at least 4 members (excludes halogenated alkanes) is 6. The molecule has 0 aromatic heterocycles. The summed E-state index contributed by atoms with van der Waals surface area (Å²) in [7, 11) is 0. The van der Waals surface area contributed by atoms with Crippen molar-refractivity contribution in [3.05, 3.63) is 0 Å². The van der Waals surface area contributed by atoms with Gasteiger partial charge in [-0.25, -0.2) is 0 Å². The summed E-state index contributed by atoms with van der Waals surface area (Å²) in [6.07, 6.45) is 11.6. The lowest BCUT2D eigenvalue weighted by Gasteiger charge is -2.30. The molecule has 120 valence electrons. The molecular formula is C17H36N2O. The van der Waals surface area contributed by atoms with E-state index in [4.69, 9.17) is 5.73 Å². The SMILES string of the molecule is CCCCCCCCCC(=O)N(CCN)C(CC)CC. The van der Waals surface area contributed by atoms with Crippen LogP contribution in [0.2, 0.25) is 0 Å². The minimum absolute atomic E-state index is 0.303. The highest BCUT2D eigenvalue weighted by Crippen LogP contribution is 2.13. The number of hydrogen-bond acceptors (Lipinski definition) is 2. The van der Waals surface area contributed by atoms with Gasteiger partial charge in [0.1, 0.15) is 0 Å². The number of hydrogen-bond donors (Lipinski definition) is 1. The number of nitrogens with two attached hydrogens (primary N) is 1. The Balaban J connectivity index is 3.89. The number of rotatable bonds is 13. The van der Waals surface area contributed by atoms with Gasteiger partial charge in [-0.15, -0.1) is 0 Å². The summed E-state index contributed by atoms with van der Waals surface area (Å²) in [5, 5.41) is 0. The van der Waals surface area contributed by atoms with Crippen LogP contribution in [0.4, 0.5) is 0 Å². The normalized spacial score (nSPS) is 11.1. The second-order valence-electron chi connectivity index (χ2n) is 5.72. The fourth-order valence-corrected chi connectivity index (χ4v) is 2.76. The van der Waals surface area contributed by atoms with Crippen LogP contribution < -0.4 is 5.73 Å². The molecule has 0 aliphatic heterocycles. The predicted molar refractivity (Wildman–Crippen MR) is 87.7 cm³/mol. The van der Waals surface area contributed by atoms with Crippen LogP contribution in [0.3, 0.4) is 0 Å². The van der Waals surface area contributed by atoms with Gasteiger partial charge in [-0.05, 0) is 19.3 Å². The van der Waals surface area contributed by atoms with Gasteiger partial charge in [0.2, 0.25) is 5.91 Å². The van der Waals surface area contributed by atoms with Crippen LogP contribution in [-0.2, 0) is 4.79 Å². The summed E-state index contributed by atoms with van der Waals surface area (Å²) >= 11 is 0. The van der Waals surface area contributed by atoms with Gasteiger partial charge in [-0.2, -0.15) is 0 Å². The van der Waals surface area contributed by atoms with Gasteiger partial charge < -0.3 is 10.6 Å². The Kier molecular flexibility index (Phi) is 13.0. The van der Waals surface area contributed by atoms with Crippen LogP contribution in [-0.4, -0.2) is 29.9 Å². The molecule has 0 saturated carbocycles. The van der Waals surface area contributed by atoms with Crippen molar-refractivity contribution in [3.63, 3.8) is 0 Å². The molecule has 1 amide bonds. The highest BCUT2D eigenvalue weighted by atomic mass is 16.2. The van der Waals surface area contributed by atoms with E-state index in [2.05, 4.69) is 20.8 Å². The maximum Gasteiger partial charge on any atom is 0.222 e. The highest BCUT2D eigenvalue weighted by Gasteiger charge is 2.19. The Morgan fingerprint density at radius 2 is 1.50 bits per heavy atom. The van der Waals surface area contributed by atoms with Crippen molar-refractivity contribution < 1.29 is 4.79 Å². The maximum atomic E-state index is 12.3. The molecule has 0 spiro atoms. The third-order valence-corrected chi connectivity index (χ3v) is 4.07. The van der Waals surface area contributed by atoms with E-state index in [-0.39, 0.29) is 0 Å². The van der Waals surface area contributed by atoms with Crippen molar-refractivity contribution >= 4 is 5.91 Å². The largest absolute Gasteiger partial charge is 0.338 e. The van der Waals surface area contributed by atoms with Crippen LogP contribution in [0, 0.1) is 0 Å². The van der Waals surface area contributed by atoms with Crippen molar-refractivity contribution in [2.45, 2.75) is 91.0 Å². The van der Waals surface area contributed by atoms with E-state index in [1.54, 1.807) is 0 Å². The van der Waals surface area contributed by atoms with Gasteiger partial charge >= 0.3 is 0 Å². The molecule has 0 saturated heterocycles. The van der Waals surface area contributed by atoms with E-state index in [9.17, 15) is 4.79 Å². The zero-order chi connectivity index (χ0) is 15.2. The van der Waals surface area contributed by atoms with Gasteiger partial charge in [0, 0.05) is 25.6 Å². The Bertz CT molecular complexity index is 227. The fraction of sp³-hybridized carbons (Fsp3) is 0.941. The second-order valence-corrected chi connectivity index (χ2v) is 5.72. The predicted octanol–water partition coefficient (Wildman–Crippen LogP) is 4.10. The van der Waals surface area contributed by atoms with Crippen molar-refractivity contribution in [1.29, 1.82) is 0 Å². The lowest BCUT2D eigenvalue weighted by atomic mass is 10.1. The Hall–Kier alpha value is -0.570. The highest BCUT2D eigenvalue weighted by molar-refractivity contribution is 5.76. The monoisotopic (exact) mass is 284 g/mol. The first kappa shape index (κ1) is 19.4. The first-order chi connectivity index (χ1) is 9.71. The molecule has 0 rings (SSSR count). The molecule has 0 aliphatic carbocycles. The van der Waals surface area contributed by atoms with Crippen LogP contribution in [0.15, 0.2) is 0 Å². The maximum absolute atomic E-state index is 12.3. The molecule has 3 nitrogen and oxygen atoms in total. The van der Waals surface area contributed by atoms with E-state index in [0.717, 1.165) is 19.3 Å². The molecule has 0 aromatic carbocycles. The molecule has 0 aliphatic rings. The van der Waals surface area contributed by atoms with Crippen molar-refractivity contribution in [1.82, 2.24) is 4.90 Å². The standard InChI is InChI=1S/C17H36N2O/c1-4-7-8-9-10-11-12-13-17(20)19(15-14-18)16(5-2)6-3/h16H,4-15,18H2,1-3H3. The van der Waals surface area contributed by atoms with Gasteiger partial charge in [0.25, 0.3) is 0 Å². The summed E-state index contributed by atoms with van der Waals surface area (Å²) < 4.78 is 0. The molecule has 0 aromatic rings. The topological polar surface area (TPSA) is 46.3 Å². The smallest absolute Gasteiger partial charge is 0.222 e. The minimum Gasteiger partial charge on any atom is -0.338 e. The average molecular weight is 284 g/mol. The molecule has 0 heterocycles. The molecule has 0 bridgehead atoms.